The first-order valence-corrected chi connectivity index (χ1v) is 15.4. The quantitative estimate of drug-likeness (QED) is 0.252. The number of aliphatic imine (C=N–C) groups is 1. The number of aromatic nitrogens is 2. The number of rotatable bonds is 4. The summed E-state index contributed by atoms with van der Waals surface area (Å²) in [5.41, 5.74) is 3.54. The second-order valence-electron chi connectivity index (χ2n) is 9.67. The normalized spacial score (nSPS) is 15.8. The van der Waals surface area contributed by atoms with Gasteiger partial charge < -0.3 is 5.32 Å². The van der Waals surface area contributed by atoms with Crippen molar-refractivity contribution in [3.8, 4) is 0 Å². The van der Waals surface area contributed by atoms with Crippen molar-refractivity contribution >= 4 is 81.2 Å². The molecule has 3 aromatic carbocycles. The molecule has 1 aliphatic rings. The molecule has 11 heteroatoms. The Morgan fingerprint density at radius 1 is 0.950 bits per heavy atom. The lowest BCUT2D eigenvalue weighted by Gasteiger charge is -2.22. The third-order valence-corrected chi connectivity index (χ3v) is 9.71. The van der Waals surface area contributed by atoms with Gasteiger partial charge in [0.15, 0.2) is 0 Å². The van der Waals surface area contributed by atoms with E-state index < -0.39 is 22.0 Å². The van der Waals surface area contributed by atoms with E-state index in [-0.39, 0.29) is 23.1 Å². The van der Waals surface area contributed by atoms with E-state index in [1.54, 1.807) is 42.7 Å². The van der Waals surface area contributed by atoms with E-state index >= 15 is 0 Å². The fraction of sp³-hybridized carbons (Fsp3) is 0.138. The topological polar surface area (TPSA) is 103 Å². The first-order valence-electron chi connectivity index (χ1n) is 12.3. The molecule has 6 rings (SSSR count). The van der Waals surface area contributed by atoms with Gasteiger partial charge in [0.2, 0.25) is 5.91 Å². The molecule has 5 aromatic rings. The second kappa shape index (κ2) is 9.83. The van der Waals surface area contributed by atoms with Crippen LogP contribution < -0.4 is 5.32 Å². The van der Waals surface area contributed by atoms with Crippen LogP contribution in [0, 0.1) is 6.92 Å². The van der Waals surface area contributed by atoms with E-state index in [0.29, 0.717) is 27.5 Å². The van der Waals surface area contributed by atoms with Crippen molar-refractivity contribution in [3.63, 3.8) is 0 Å². The maximum Gasteiger partial charge on any atom is 0.270 e. The lowest BCUT2D eigenvalue weighted by Crippen LogP contribution is -2.40. The highest BCUT2D eigenvalue weighted by molar-refractivity contribution is 9.10. The SMILES string of the molecule is CC(=O)n1cc(C2=NCC(c3cn(S(=O)(=O)c4ccc(C)cc4)c4cc(Br)ccc34)NC2=O)c2ccc(Br)cc21. The van der Waals surface area contributed by atoms with Crippen molar-refractivity contribution in [1.82, 2.24) is 13.9 Å². The summed E-state index contributed by atoms with van der Waals surface area (Å²) >= 11 is 6.90. The molecule has 0 aliphatic carbocycles. The van der Waals surface area contributed by atoms with Crippen LogP contribution in [0.5, 0.6) is 0 Å². The van der Waals surface area contributed by atoms with Gasteiger partial charge in [0.1, 0.15) is 5.71 Å². The molecule has 0 saturated carbocycles. The Labute approximate surface area is 247 Å². The fourth-order valence-corrected chi connectivity index (χ4v) is 7.12. The summed E-state index contributed by atoms with van der Waals surface area (Å²) in [6.07, 6.45) is 3.20. The van der Waals surface area contributed by atoms with Gasteiger partial charge in [-0.1, -0.05) is 61.7 Å². The number of carbonyl (C=O) groups excluding carboxylic acids is 2. The number of halogens is 2. The van der Waals surface area contributed by atoms with Crippen molar-refractivity contribution in [2.24, 2.45) is 4.99 Å². The number of fused-ring (bicyclic) bond motifs is 2. The molecule has 1 amide bonds. The Hall–Kier alpha value is -3.54. The minimum atomic E-state index is -3.91. The van der Waals surface area contributed by atoms with Crippen molar-refractivity contribution in [2.75, 3.05) is 6.54 Å². The maximum absolute atomic E-state index is 13.7. The summed E-state index contributed by atoms with van der Waals surface area (Å²) in [5.74, 6) is -0.584. The summed E-state index contributed by atoms with van der Waals surface area (Å²) in [5, 5.41) is 4.45. The molecule has 40 heavy (non-hydrogen) atoms. The Bertz CT molecular complexity index is 2010. The van der Waals surface area contributed by atoms with Gasteiger partial charge in [-0.15, -0.1) is 0 Å². The number of hydrogen-bond acceptors (Lipinski definition) is 5. The number of aryl methyl sites for hydroxylation is 1. The zero-order chi connectivity index (χ0) is 28.3. The highest BCUT2D eigenvalue weighted by Gasteiger charge is 2.31. The van der Waals surface area contributed by atoms with Gasteiger partial charge in [0.25, 0.3) is 15.9 Å². The molecule has 2 aromatic heterocycles. The smallest absolute Gasteiger partial charge is 0.270 e. The molecule has 0 fully saturated rings. The number of hydrogen-bond donors (Lipinski definition) is 1. The van der Waals surface area contributed by atoms with Crippen molar-refractivity contribution < 1.29 is 18.0 Å². The van der Waals surface area contributed by atoms with Crippen LogP contribution in [0.3, 0.4) is 0 Å². The van der Waals surface area contributed by atoms with Crippen LogP contribution in [0.1, 0.15) is 34.5 Å². The van der Waals surface area contributed by atoms with Crippen LogP contribution in [0.2, 0.25) is 0 Å². The second-order valence-corrected chi connectivity index (χ2v) is 13.3. The van der Waals surface area contributed by atoms with Crippen LogP contribution in [0.4, 0.5) is 0 Å². The molecule has 0 saturated heterocycles. The Balaban J connectivity index is 1.43. The summed E-state index contributed by atoms with van der Waals surface area (Å²) in [4.78, 5) is 30.5. The standard InChI is InChI=1S/C29H22Br2N4O4S/c1-16-3-7-20(8-4-16)40(38,39)35-15-23(21-9-5-19(31)12-27(21)35)25-13-32-28(29(37)33-25)24-14-34(17(2)36)26-11-18(30)6-10-22(24)26/h3-12,14-15,25H,13H2,1-2H3,(H,33,37). The summed E-state index contributed by atoms with van der Waals surface area (Å²) in [6, 6.07) is 17.1. The average Bonchev–Trinajstić information content (AvgIpc) is 3.48. The van der Waals surface area contributed by atoms with E-state index in [9.17, 15) is 18.0 Å². The molecular weight excluding hydrogens is 660 g/mol. The first-order chi connectivity index (χ1) is 19.0. The summed E-state index contributed by atoms with van der Waals surface area (Å²) in [6.45, 7) is 3.56. The molecule has 1 atom stereocenters. The van der Waals surface area contributed by atoms with Crippen molar-refractivity contribution in [1.29, 1.82) is 0 Å². The number of benzene rings is 3. The van der Waals surface area contributed by atoms with Gasteiger partial charge in [0, 0.05) is 50.2 Å². The van der Waals surface area contributed by atoms with Crippen LogP contribution >= 0.6 is 31.9 Å². The van der Waals surface area contributed by atoms with E-state index in [1.165, 1.54) is 15.5 Å². The zero-order valence-corrected chi connectivity index (χ0v) is 25.3. The molecule has 1 N–H and O–H groups in total. The highest BCUT2D eigenvalue weighted by atomic mass is 79.9. The molecule has 3 heterocycles. The van der Waals surface area contributed by atoms with Gasteiger partial charge in [-0.2, -0.15) is 0 Å². The largest absolute Gasteiger partial charge is 0.342 e. The maximum atomic E-state index is 13.7. The van der Waals surface area contributed by atoms with Gasteiger partial charge in [-0.25, -0.2) is 12.4 Å². The Morgan fingerprint density at radius 2 is 1.60 bits per heavy atom. The van der Waals surface area contributed by atoms with E-state index in [0.717, 1.165) is 19.9 Å². The van der Waals surface area contributed by atoms with Crippen LogP contribution in [-0.2, 0) is 14.8 Å². The third kappa shape index (κ3) is 4.42. The summed E-state index contributed by atoms with van der Waals surface area (Å²) < 4.78 is 31.6. The number of nitrogens with one attached hydrogen (secondary N) is 1. The molecule has 0 radical (unpaired) electrons. The van der Waals surface area contributed by atoms with E-state index in [1.807, 2.05) is 37.3 Å². The highest BCUT2D eigenvalue weighted by Crippen LogP contribution is 2.34. The van der Waals surface area contributed by atoms with Gasteiger partial charge in [-0.05, 0) is 43.3 Å². The van der Waals surface area contributed by atoms with E-state index in [2.05, 4.69) is 42.2 Å². The van der Waals surface area contributed by atoms with Crippen molar-refractivity contribution in [3.05, 3.63) is 98.7 Å². The predicted molar refractivity (Wildman–Crippen MR) is 162 cm³/mol. The lowest BCUT2D eigenvalue weighted by atomic mass is 10.0. The van der Waals surface area contributed by atoms with Crippen LogP contribution in [0.25, 0.3) is 21.8 Å². The number of amides is 1. The molecule has 1 aliphatic heterocycles. The lowest BCUT2D eigenvalue weighted by molar-refractivity contribution is -0.115. The predicted octanol–water partition coefficient (Wildman–Crippen LogP) is 5.99. The monoisotopic (exact) mass is 680 g/mol. The minimum absolute atomic E-state index is 0.169. The van der Waals surface area contributed by atoms with E-state index in [4.69, 9.17) is 0 Å². The van der Waals surface area contributed by atoms with Gasteiger partial charge in [0.05, 0.1) is 28.5 Å². The first kappa shape index (κ1) is 26.7. The van der Waals surface area contributed by atoms with Crippen LogP contribution in [-0.4, -0.2) is 41.0 Å². The summed E-state index contributed by atoms with van der Waals surface area (Å²) in [7, 11) is -3.91. The molecule has 0 bridgehead atoms. The number of nitrogens with zero attached hydrogens (tertiary/aromatic N) is 3. The van der Waals surface area contributed by atoms with Crippen LogP contribution in [0.15, 0.2) is 91.9 Å². The van der Waals surface area contributed by atoms with Crippen molar-refractivity contribution in [2.45, 2.75) is 24.8 Å². The molecule has 8 nitrogen and oxygen atoms in total. The average molecular weight is 682 g/mol. The fourth-order valence-electron chi connectivity index (χ4n) is 5.06. The zero-order valence-electron chi connectivity index (χ0n) is 21.4. The minimum Gasteiger partial charge on any atom is -0.342 e. The molecular formula is C29H22Br2N4O4S. The third-order valence-electron chi connectivity index (χ3n) is 7.03. The molecule has 0 spiro atoms. The molecule has 1 unspecified atom stereocenters. The molecule has 202 valence electrons. The Morgan fingerprint density at radius 3 is 2.25 bits per heavy atom. The van der Waals surface area contributed by atoms with Gasteiger partial charge in [-0.3, -0.25) is 19.1 Å². The Kier molecular flexibility index (Phi) is 6.55. The van der Waals surface area contributed by atoms with Gasteiger partial charge >= 0.3 is 0 Å². The number of carbonyl (C=O) groups is 2.